The van der Waals surface area contributed by atoms with Crippen LogP contribution in [0.3, 0.4) is 0 Å². The molecule has 2 aromatic carbocycles. The van der Waals surface area contributed by atoms with Gasteiger partial charge < -0.3 is 14.4 Å². The van der Waals surface area contributed by atoms with E-state index in [1.54, 1.807) is 12.1 Å². The number of carbonyl (C=O) groups is 2. The number of benzene rings is 2. The maximum atomic E-state index is 12.7. The first-order valence-corrected chi connectivity index (χ1v) is 10.4. The molecular weight excluding hydrogens is 413 g/mol. The minimum absolute atomic E-state index is 0.0216. The van der Waals surface area contributed by atoms with Crippen LogP contribution >= 0.6 is 23.2 Å². The summed E-state index contributed by atoms with van der Waals surface area (Å²) < 4.78 is 11.8. The average Bonchev–Trinajstić information content (AvgIpc) is 2.70. The van der Waals surface area contributed by atoms with Crippen molar-refractivity contribution in [1.82, 2.24) is 4.90 Å². The van der Waals surface area contributed by atoms with Crippen LogP contribution in [0.1, 0.15) is 36.0 Å². The van der Waals surface area contributed by atoms with E-state index >= 15 is 0 Å². The molecule has 29 heavy (non-hydrogen) atoms. The number of carbonyl (C=O) groups excluding carboxylic acids is 2. The van der Waals surface area contributed by atoms with E-state index < -0.39 is 5.60 Å². The van der Waals surface area contributed by atoms with E-state index in [2.05, 4.69) is 0 Å². The number of likely N-dealkylation sites (tertiary alicyclic amines) is 1. The lowest BCUT2D eigenvalue weighted by atomic mass is 9.82. The van der Waals surface area contributed by atoms with Crippen LogP contribution in [-0.4, -0.2) is 41.9 Å². The molecule has 0 saturated carbocycles. The van der Waals surface area contributed by atoms with Crippen LogP contribution in [-0.2, 0) is 4.79 Å². The number of Topliss-reactive ketones (excluding diaryl/α,β-unsaturated/α-hetero) is 1. The molecule has 0 unspecified atom stereocenters. The normalized spacial score (nSPS) is 17.6. The van der Waals surface area contributed by atoms with E-state index in [0.717, 1.165) is 5.75 Å². The second-order valence-corrected chi connectivity index (χ2v) is 8.29. The second-order valence-electron chi connectivity index (χ2n) is 7.44. The second kappa shape index (κ2) is 8.25. The molecule has 0 aromatic heterocycles. The molecule has 5 nitrogen and oxygen atoms in total. The smallest absolute Gasteiger partial charge is 0.226 e. The van der Waals surface area contributed by atoms with Crippen molar-refractivity contribution in [3.63, 3.8) is 0 Å². The maximum Gasteiger partial charge on any atom is 0.226 e. The molecule has 0 atom stereocenters. The molecular formula is C22H21Cl2NO4. The van der Waals surface area contributed by atoms with Gasteiger partial charge in [-0.15, -0.1) is 0 Å². The summed E-state index contributed by atoms with van der Waals surface area (Å²) in [4.78, 5) is 27.0. The van der Waals surface area contributed by atoms with Crippen LogP contribution in [0.4, 0.5) is 0 Å². The van der Waals surface area contributed by atoms with Crippen molar-refractivity contribution in [2.75, 3.05) is 19.7 Å². The molecule has 4 rings (SSSR count). The summed E-state index contributed by atoms with van der Waals surface area (Å²) in [6.45, 7) is 1.42. The van der Waals surface area contributed by atoms with Crippen LogP contribution in [0.2, 0.25) is 10.0 Å². The topological polar surface area (TPSA) is 55.8 Å². The predicted molar refractivity (Wildman–Crippen MR) is 111 cm³/mol. The number of hydrogen-bond acceptors (Lipinski definition) is 4. The van der Waals surface area contributed by atoms with E-state index in [9.17, 15) is 9.59 Å². The molecule has 1 spiro atoms. The zero-order valence-corrected chi connectivity index (χ0v) is 17.3. The fraction of sp³-hybridized carbons (Fsp3) is 0.364. The molecule has 2 aromatic rings. The minimum atomic E-state index is -0.612. The van der Waals surface area contributed by atoms with Gasteiger partial charge in [0.25, 0.3) is 0 Å². The van der Waals surface area contributed by atoms with Gasteiger partial charge in [0, 0.05) is 31.0 Å². The lowest BCUT2D eigenvalue weighted by Crippen LogP contribution is -2.52. The van der Waals surface area contributed by atoms with Crippen molar-refractivity contribution in [1.29, 1.82) is 0 Å². The molecule has 0 radical (unpaired) electrons. The zero-order valence-electron chi connectivity index (χ0n) is 15.8. The van der Waals surface area contributed by atoms with Crippen LogP contribution in [0.15, 0.2) is 42.5 Å². The van der Waals surface area contributed by atoms with E-state index in [1.807, 2.05) is 35.2 Å². The number of amides is 1. The molecule has 7 heteroatoms. The number of ether oxygens (including phenoxy) is 2. The number of piperidine rings is 1. The molecule has 2 heterocycles. The van der Waals surface area contributed by atoms with E-state index in [-0.39, 0.29) is 18.1 Å². The Labute approximate surface area is 179 Å². The Balaban J connectivity index is 1.34. The Morgan fingerprint density at radius 3 is 2.59 bits per heavy atom. The number of hydrogen-bond donors (Lipinski definition) is 0. The third-order valence-electron chi connectivity index (χ3n) is 5.47. The Morgan fingerprint density at radius 2 is 1.86 bits per heavy atom. The Morgan fingerprint density at radius 1 is 1.14 bits per heavy atom. The van der Waals surface area contributed by atoms with Crippen molar-refractivity contribution < 1.29 is 19.1 Å². The highest BCUT2D eigenvalue weighted by atomic mass is 35.5. The highest BCUT2D eigenvalue weighted by Gasteiger charge is 2.44. The first-order valence-electron chi connectivity index (χ1n) is 9.63. The SMILES string of the molecule is O=C1CC2(CCN(C(=O)CCOc3ccccc3)CC2)Oc2c(Cl)cc(Cl)cc21. The summed E-state index contributed by atoms with van der Waals surface area (Å²) in [5, 5.41) is 0.760. The fourth-order valence-corrected chi connectivity index (χ4v) is 4.42. The van der Waals surface area contributed by atoms with Gasteiger partial charge in [-0.25, -0.2) is 0 Å². The molecule has 2 aliphatic rings. The molecule has 0 N–H and O–H groups in total. The van der Waals surface area contributed by atoms with Gasteiger partial charge >= 0.3 is 0 Å². The number of para-hydroxylation sites is 1. The van der Waals surface area contributed by atoms with Crippen molar-refractivity contribution in [2.24, 2.45) is 0 Å². The first-order chi connectivity index (χ1) is 14.0. The summed E-state index contributed by atoms with van der Waals surface area (Å²) >= 11 is 12.3. The number of rotatable bonds is 4. The van der Waals surface area contributed by atoms with Gasteiger partial charge in [-0.2, -0.15) is 0 Å². The summed E-state index contributed by atoms with van der Waals surface area (Å²) in [5.41, 5.74) is -0.177. The highest BCUT2D eigenvalue weighted by Crippen LogP contribution is 2.44. The summed E-state index contributed by atoms with van der Waals surface area (Å²) in [5.74, 6) is 1.18. The molecule has 2 aliphatic heterocycles. The largest absolute Gasteiger partial charge is 0.493 e. The zero-order chi connectivity index (χ0) is 20.4. The number of ketones is 1. The first kappa shape index (κ1) is 20.0. The molecule has 1 saturated heterocycles. The Kier molecular flexibility index (Phi) is 5.70. The quantitative estimate of drug-likeness (QED) is 0.695. The number of halogens is 2. The molecule has 1 amide bonds. The van der Waals surface area contributed by atoms with Gasteiger partial charge in [0.1, 0.15) is 17.1 Å². The lowest BCUT2D eigenvalue weighted by molar-refractivity contribution is -0.135. The van der Waals surface area contributed by atoms with Crippen molar-refractivity contribution >= 4 is 34.9 Å². The average molecular weight is 434 g/mol. The molecule has 152 valence electrons. The molecule has 0 bridgehead atoms. The minimum Gasteiger partial charge on any atom is -0.493 e. The van der Waals surface area contributed by atoms with Crippen LogP contribution in [0.25, 0.3) is 0 Å². The maximum absolute atomic E-state index is 12.7. The standard InChI is InChI=1S/C22H21Cl2NO4/c23-15-12-17-19(26)14-22(29-21(17)18(24)13-15)7-9-25(10-8-22)20(27)6-11-28-16-4-2-1-3-5-16/h1-5,12-13H,6-11,14H2. The van der Waals surface area contributed by atoms with Gasteiger partial charge in [0.05, 0.1) is 30.0 Å². The summed E-state index contributed by atoms with van der Waals surface area (Å²) in [6.07, 6.45) is 1.76. The molecule has 0 aliphatic carbocycles. The van der Waals surface area contributed by atoms with Crippen LogP contribution in [0.5, 0.6) is 11.5 Å². The van der Waals surface area contributed by atoms with Crippen molar-refractivity contribution in [3.05, 3.63) is 58.1 Å². The number of nitrogens with zero attached hydrogens (tertiary/aromatic N) is 1. The predicted octanol–water partition coefficient (Wildman–Crippen LogP) is 4.79. The van der Waals surface area contributed by atoms with Crippen LogP contribution in [0, 0.1) is 0 Å². The van der Waals surface area contributed by atoms with Gasteiger partial charge in [0.2, 0.25) is 5.91 Å². The van der Waals surface area contributed by atoms with Gasteiger partial charge in [-0.1, -0.05) is 41.4 Å². The Bertz CT molecular complexity index is 924. The highest BCUT2D eigenvalue weighted by molar-refractivity contribution is 6.36. The molecule has 1 fully saturated rings. The van der Waals surface area contributed by atoms with Gasteiger partial charge in [-0.3, -0.25) is 9.59 Å². The van der Waals surface area contributed by atoms with Gasteiger partial charge in [0.15, 0.2) is 5.78 Å². The third kappa shape index (κ3) is 4.36. The van der Waals surface area contributed by atoms with E-state index in [4.69, 9.17) is 32.7 Å². The number of fused-ring (bicyclic) bond motifs is 1. The monoisotopic (exact) mass is 433 g/mol. The van der Waals surface area contributed by atoms with E-state index in [1.165, 1.54) is 0 Å². The van der Waals surface area contributed by atoms with Crippen molar-refractivity contribution in [2.45, 2.75) is 31.3 Å². The Hall–Kier alpha value is -2.24. The van der Waals surface area contributed by atoms with Gasteiger partial charge in [-0.05, 0) is 24.3 Å². The third-order valence-corrected chi connectivity index (χ3v) is 5.96. The van der Waals surface area contributed by atoms with Crippen molar-refractivity contribution in [3.8, 4) is 11.5 Å². The summed E-state index contributed by atoms with van der Waals surface area (Å²) in [6, 6.07) is 12.6. The lowest BCUT2D eigenvalue weighted by Gasteiger charge is -2.44. The summed E-state index contributed by atoms with van der Waals surface area (Å²) in [7, 11) is 0. The fourth-order valence-electron chi connectivity index (χ4n) is 3.89. The van der Waals surface area contributed by atoms with Crippen LogP contribution < -0.4 is 9.47 Å². The van der Waals surface area contributed by atoms with E-state index in [0.29, 0.717) is 60.3 Å².